The van der Waals surface area contributed by atoms with Crippen LogP contribution in [0.1, 0.15) is 18.9 Å². The lowest BCUT2D eigenvalue weighted by Gasteiger charge is -2.10. The molecule has 3 rings (SSSR count). The van der Waals surface area contributed by atoms with E-state index in [9.17, 15) is 0 Å². The minimum atomic E-state index is 0. The highest BCUT2D eigenvalue weighted by molar-refractivity contribution is 6.31. The number of anilines is 2. The normalized spacial score (nSPS) is 10.5. The van der Waals surface area contributed by atoms with E-state index in [0.29, 0.717) is 12.5 Å². The summed E-state index contributed by atoms with van der Waals surface area (Å²) in [6, 6.07) is 7.76. The molecular formula is C16H20Cl2N6. The molecule has 2 N–H and O–H groups in total. The first kappa shape index (κ1) is 18.3. The van der Waals surface area contributed by atoms with Crippen LogP contribution in [0.15, 0.2) is 30.5 Å². The number of halogens is 2. The first-order valence-corrected chi connectivity index (χ1v) is 7.97. The van der Waals surface area contributed by atoms with Crippen LogP contribution in [0.3, 0.4) is 0 Å². The van der Waals surface area contributed by atoms with Crippen LogP contribution in [0.5, 0.6) is 0 Å². The minimum Gasteiger partial charge on any atom is -0.365 e. The Morgan fingerprint density at radius 2 is 1.96 bits per heavy atom. The molecule has 0 bridgehead atoms. The molecule has 0 saturated carbocycles. The van der Waals surface area contributed by atoms with Gasteiger partial charge in [-0.3, -0.25) is 4.68 Å². The summed E-state index contributed by atoms with van der Waals surface area (Å²) in [7, 11) is 1.87. The van der Waals surface area contributed by atoms with Crippen LogP contribution >= 0.6 is 24.0 Å². The van der Waals surface area contributed by atoms with Gasteiger partial charge in [-0.2, -0.15) is 15.1 Å². The van der Waals surface area contributed by atoms with Crippen molar-refractivity contribution in [3.05, 3.63) is 41.0 Å². The van der Waals surface area contributed by atoms with Gasteiger partial charge in [0.05, 0.1) is 11.6 Å². The third kappa shape index (κ3) is 3.88. The molecule has 1 aromatic carbocycles. The van der Waals surface area contributed by atoms with Crippen molar-refractivity contribution in [2.45, 2.75) is 19.9 Å². The summed E-state index contributed by atoms with van der Waals surface area (Å²) in [5.74, 6) is 1.35. The number of hydrogen-bond acceptors (Lipinski definition) is 5. The van der Waals surface area contributed by atoms with E-state index in [1.54, 1.807) is 10.9 Å². The molecule has 0 unspecified atom stereocenters. The van der Waals surface area contributed by atoms with Gasteiger partial charge in [0.25, 0.3) is 0 Å². The molecule has 0 saturated heterocycles. The molecule has 24 heavy (non-hydrogen) atoms. The van der Waals surface area contributed by atoms with Crippen LogP contribution in [0.4, 0.5) is 11.8 Å². The Morgan fingerprint density at radius 3 is 2.71 bits per heavy atom. The number of fused-ring (bicyclic) bond motifs is 1. The van der Waals surface area contributed by atoms with Crippen molar-refractivity contribution >= 4 is 46.8 Å². The van der Waals surface area contributed by atoms with E-state index in [2.05, 4.69) is 32.6 Å². The van der Waals surface area contributed by atoms with Crippen molar-refractivity contribution in [3.8, 4) is 0 Å². The molecule has 6 nitrogen and oxygen atoms in total. The zero-order valence-electron chi connectivity index (χ0n) is 13.6. The number of aryl methyl sites for hydroxylation is 1. The molecule has 3 aromatic rings. The van der Waals surface area contributed by atoms with Crippen LogP contribution in [-0.2, 0) is 13.6 Å². The summed E-state index contributed by atoms with van der Waals surface area (Å²) < 4.78 is 1.74. The summed E-state index contributed by atoms with van der Waals surface area (Å²) in [4.78, 5) is 9.08. The van der Waals surface area contributed by atoms with Crippen LogP contribution in [0.25, 0.3) is 11.0 Å². The molecular weight excluding hydrogens is 347 g/mol. The van der Waals surface area contributed by atoms with Crippen LogP contribution in [0, 0.1) is 0 Å². The van der Waals surface area contributed by atoms with Gasteiger partial charge in [0.1, 0.15) is 5.82 Å². The van der Waals surface area contributed by atoms with E-state index in [1.165, 1.54) is 0 Å². The maximum Gasteiger partial charge on any atom is 0.226 e. The van der Waals surface area contributed by atoms with Gasteiger partial charge in [0.15, 0.2) is 5.65 Å². The number of nitrogens with zero attached hydrogens (tertiary/aromatic N) is 4. The Labute approximate surface area is 152 Å². The molecule has 0 atom stereocenters. The van der Waals surface area contributed by atoms with E-state index >= 15 is 0 Å². The number of nitrogens with one attached hydrogen (secondary N) is 2. The Bertz CT molecular complexity index is 817. The van der Waals surface area contributed by atoms with Gasteiger partial charge < -0.3 is 10.6 Å². The van der Waals surface area contributed by atoms with Crippen molar-refractivity contribution in [3.63, 3.8) is 0 Å². The van der Waals surface area contributed by atoms with Crippen LogP contribution < -0.4 is 10.6 Å². The van der Waals surface area contributed by atoms with Crippen molar-refractivity contribution < 1.29 is 0 Å². The molecule has 0 aliphatic rings. The molecule has 128 valence electrons. The lowest BCUT2D eigenvalue weighted by atomic mass is 10.2. The Kier molecular flexibility index (Phi) is 6.23. The number of aromatic nitrogens is 4. The largest absolute Gasteiger partial charge is 0.365 e. The second-order valence-electron chi connectivity index (χ2n) is 5.27. The fourth-order valence-corrected chi connectivity index (χ4v) is 2.50. The average Bonchev–Trinajstić information content (AvgIpc) is 2.93. The molecule has 2 heterocycles. The van der Waals surface area contributed by atoms with Gasteiger partial charge in [-0.05, 0) is 18.1 Å². The Balaban J connectivity index is 0.00000208. The standard InChI is InChI=1S/C16H19ClN6.ClH/c1-3-8-18-16-21-14(12-10-20-23(2)15(12)22-16)19-9-11-6-4-5-7-13(11)17;/h4-7,10H,3,8-9H2,1-2H3,(H2,18,19,21,22);1H. The van der Waals surface area contributed by atoms with E-state index in [1.807, 2.05) is 31.3 Å². The lowest BCUT2D eigenvalue weighted by Crippen LogP contribution is -2.09. The summed E-state index contributed by atoms with van der Waals surface area (Å²) >= 11 is 6.21. The first-order chi connectivity index (χ1) is 11.2. The predicted octanol–water partition coefficient (Wildman–Crippen LogP) is 3.87. The second-order valence-corrected chi connectivity index (χ2v) is 5.68. The van der Waals surface area contributed by atoms with Crippen molar-refractivity contribution in [2.24, 2.45) is 7.05 Å². The van der Waals surface area contributed by atoms with Gasteiger partial charge in [0.2, 0.25) is 5.95 Å². The lowest BCUT2D eigenvalue weighted by molar-refractivity contribution is 0.785. The number of benzene rings is 1. The Hall–Kier alpha value is -2.05. The first-order valence-electron chi connectivity index (χ1n) is 7.60. The summed E-state index contributed by atoms with van der Waals surface area (Å²) in [6.07, 6.45) is 2.78. The molecule has 0 aliphatic heterocycles. The van der Waals surface area contributed by atoms with Gasteiger partial charge >= 0.3 is 0 Å². The molecule has 0 radical (unpaired) electrons. The minimum absolute atomic E-state index is 0. The maximum absolute atomic E-state index is 6.21. The third-order valence-corrected chi connectivity index (χ3v) is 3.90. The summed E-state index contributed by atoms with van der Waals surface area (Å²) in [5.41, 5.74) is 1.81. The summed E-state index contributed by atoms with van der Waals surface area (Å²) in [5, 5.41) is 12.5. The molecule has 0 spiro atoms. The third-order valence-electron chi connectivity index (χ3n) is 3.53. The van der Waals surface area contributed by atoms with Gasteiger partial charge in [0, 0.05) is 25.2 Å². The zero-order valence-corrected chi connectivity index (χ0v) is 15.2. The number of hydrogen-bond donors (Lipinski definition) is 2. The number of rotatable bonds is 6. The smallest absolute Gasteiger partial charge is 0.226 e. The van der Waals surface area contributed by atoms with E-state index in [0.717, 1.165) is 40.4 Å². The molecule has 0 amide bonds. The van der Waals surface area contributed by atoms with Crippen molar-refractivity contribution in [1.29, 1.82) is 0 Å². The zero-order chi connectivity index (χ0) is 16.2. The van der Waals surface area contributed by atoms with Gasteiger partial charge in [-0.1, -0.05) is 36.7 Å². The molecule has 0 aliphatic carbocycles. The maximum atomic E-state index is 6.21. The molecule has 8 heteroatoms. The predicted molar refractivity (Wildman–Crippen MR) is 101 cm³/mol. The molecule has 0 fully saturated rings. The van der Waals surface area contributed by atoms with Crippen molar-refractivity contribution in [1.82, 2.24) is 19.7 Å². The highest BCUT2D eigenvalue weighted by Gasteiger charge is 2.11. The SMILES string of the molecule is CCCNc1nc(NCc2ccccc2Cl)c2cnn(C)c2n1.Cl. The second kappa shape index (κ2) is 8.17. The van der Waals surface area contributed by atoms with Crippen molar-refractivity contribution in [2.75, 3.05) is 17.2 Å². The topological polar surface area (TPSA) is 67.7 Å². The fourth-order valence-electron chi connectivity index (χ4n) is 2.29. The van der Waals surface area contributed by atoms with Crippen LogP contribution in [-0.4, -0.2) is 26.3 Å². The highest BCUT2D eigenvalue weighted by Crippen LogP contribution is 2.23. The molecule has 2 aromatic heterocycles. The monoisotopic (exact) mass is 366 g/mol. The van der Waals surface area contributed by atoms with Gasteiger partial charge in [-0.15, -0.1) is 12.4 Å². The highest BCUT2D eigenvalue weighted by atomic mass is 35.5. The summed E-state index contributed by atoms with van der Waals surface area (Å²) in [6.45, 7) is 3.52. The van der Waals surface area contributed by atoms with E-state index < -0.39 is 0 Å². The van der Waals surface area contributed by atoms with Crippen LogP contribution in [0.2, 0.25) is 5.02 Å². The van der Waals surface area contributed by atoms with Gasteiger partial charge in [-0.25, -0.2) is 0 Å². The van der Waals surface area contributed by atoms with E-state index in [-0.39, 0.29) is 12.4 Å². The average molecular weight is 367 g/mol. The Morgan fingerprint density at radius 1 is 1.17 bits per heavy atom. The fraction of sp³-hybridized carbons (Fsp3) is 0.312. The quantitative estimate of drug-likeness (QED) is 0.692. The van der Waals surface area contributed by atoms with E-state index in [4.69, 9.17) is 11.6 Å².